The van der Waals surface area contributed by atoms with Crippen LogP contribution in [0.3, 0.4) is 0 Å². The molecule has 1 aromatic carbocycles. The number of nitrogens with one attached hydrogen (secondary N) is 2. The van der Waals surface area contributed by atoms with Crippen LogP contribution in [-0.4, -0.2) is 23.4 Å². The van der Waals surface area contributed by atoms with Gasteiger partial charge in [0.25, 0.3) is 11.8 Å². The topological polar surface area (TPSA) is 80.3 Å². The van der Waals surface area contributed by atoms with Gasteiger partial charge in [-0.3, -0.25) is 14.6 Å². The summed E-state index contributed by atoms with van der Waals surface area (Å²) in [5.41, 5.74) is 3.00. The van der Waals surface area contributed by atoms with Gasteiger partial charge in [0, 0.05) is 28.5 Å². The number of fused-ring (bicyclic) bond motifs is 1. The molecule has 0 saturated carbocycles. The van der Waals surface area contributed by atoms with Crippen LogP contribution in [0.2, 0.25) is 0 Å². The molecule has 1 aliphatic rings. The molecule has 1 atom stereocenters. The number of amides is 2. The standard InChI is InChI=1S/C27H31N3O3S/c1-5-33-20-9-7-19(8-10-20)29-25(32)23-21-11-6-18(27(2,3)4)16-22(21)34-26(23)30-24(31)17-12-14-28-15-13-17/h7-10,12-15,18H,5-6,11,16H2,1-4H3,(H,29,32)(H,30,31). The first-order valence-corrected chi connectivity index (χ1v) is 12.5. The molecule has 4 rings (SSSR count). The van der Waals surface area contributed by atoms with Crippen molar-refractivity contribution in [1.82, 2.24) is 4.98 Å². The van der Waals surface area contributed by atoms with Crippen LogP contribution in [0.4, 0.5) is 10.7 Å². The highest BCUT2D eigenvalue weighted by Crippen LogP contribution is 2.44. The van der Waals surface area contributed by atoms with Crippen molar-refractivity contribution in [2.75, 3.05) is 17.2 Å². The summed E-state index contributed by atoms with van der Waals surface area (Å²) in [6.07, 6.45) is 5.93. The highest BCUT2D eigenvalue weighted by molar-refractivity contribution is 7.17. The van der Waals surface area contributed by atoms with Crippen molar-refractivity contribution in [3.63, 3.8) is 0 Å². The Morgan fingerprint density at radius 2 is 1.76 bits per heavy atom. The molecule has 0 aliphatic heterocycles. The summed E-state index contributed by atoms with van der Waals surface area (Å²) in [5, 5.41) is 6.61. The molecular formula is C27H31N3O3S. The number of benzene rings is 1. The van der Waals surface area contributed by atoms with Crippen LogP contribution in [0.5, 0.6) is 5.75 Å². The van der Waals surface area contributed by atoms with E-state index in [4.69, 9.17) is 4.74 Å². The van der Waals surface area contributed by atoms with E-state index >= 15 is 0 Å². The van der Waals surface area contributed by atoms with Crippen LogP contribution in [-0.2, 0) is 12.8 Å². The molecule has 0 fully saturated rings. The lowest BCUT2D eigenvalue weighted by atomic mass is 9.72. The van der Waals surface area contributed by atoms with Crippen molar-refractivity contribution >= 4 is 33.8 Å². The molecule has 3 aromatic rings. The van der Waals surface area contributed by atoms with Crippen molar-refractivity contribution in [2.24, 2.45) is 11.3 Å². The van der Waals surface area contributed by atoms with Crippen LogP contribution in [0.1, 0.15) is 65.3 Å². The highest BCUT2D eigenvalue weighted by Gasteiger charge is 2.34. The van der Waals surface area contributed by atoms with Gasteiger partial charge < -0.3 is 15.4 Å². The van der Waals surface area contributed by atoms with Gasteiger partial charge in [0.15, 0.2) is 0 Å². The van der Waals surface area contributed by atoms with E-state index in [9.17, 15) is 9.59 Å². The zero-order valence-electron chi connectivity index (χ0n) is 20.1. The Bertz CT molecular complexity index is 1160. The van der Waals surface area contributed by atoms with Crippen molar-refractivity contribution in [3.8, 4) is 5.75 Å². The number of carbonyl (C=O) groups is 2. The van der Waals surface area contributed by atoms with Gasteiger partial charge in [-0.1, -0.05) is 20.8 Å². The van der Waals surface area contributed by atoms with E-state index in [1.807, 2.05) is 31.2 Å². The Morgan fingerprint density at radius 3 is 2.41 bits per heavy atom. The molecule has 0 radical (unpaired) electrons. The predicted molar refractivity (Wildman–Crippen MR) is 137 cm³/mol. The largest absolute Gasteiger partial charge is 0.494 e. The lowest BCUT2D eigenvalue weighted by Gasteiger charge is -2.33. The number of rotatable bonds is 6. The quantitative estimate of drug-likeness (QED) is 0.443. The molecule has 2 N–H and O–H groups in total. The molecule has 0 saturated heterocycles. The van der Waals surface area contributed by atoms with E-state index in [2.05, 4.69) is 36.4 Å². The summed E-state index contributed by atoms with van der Waals surface area (Å²) in [6, 6.07) is 10.7. The second-order valence-electron chi connectivity index (χ2n) is 9.62. The summed E-state index contributed by atoms with van der Waals surface area (Å²) < 4.78 is 5.49. The maximum Gasteiger partial charge on any atom is 0.258 e. The van der Waals surface area contributed by atoms with E-state index in [1.54, 1.807) is 24.5 Å². The van der Waals surface area contributed by atoms with E-state index in [1.165, 1.54) is 16.2 Å². The van der Waals surface area contributed by atoms with Crippen LogP contribution in [0.15, 0.2) is 48.8 Å². The molecule has 0 bridgehead atoms. The van der Waals surface area contributed by atoms with Crippen LogP contribution in [0, 0.1) is 11.3 Å². The molecule has 2 heterocycles. The molecule has 2 amide bonds. The molecule has 1 aliphatic carbocycles. The van der Waals surface area contributed by atoms with Crippen molar-refractivity contribution in [3.05, 3.63) is 70.4 Å². The third-order valence-electron chi connectivity index (χ3n) is 6.31. The summed E-state index contributed by atoms with van der Waals surface area (Å²) in [7, 11) is 0. The van der Waals surface area contributed by atoms with Crippen LogP contribution < -0.4 is 15.4 Å². The van der Waals surface area contributed by atoms with Crippen molar-refractivity contribution in [1.29, 1.82) is 0 Å². The number of nitrogens with zero attached hydrogens (tertiary/aromatic N) is 1. The number of aromatic nitrogens is 1. The predicted octanol–water partition coefficient (Wildman–Crippen LogP) is 6.20. The zero-order valence-corrected chi connectivity index (χ0v) is 20.9. The van der Waals surface area contributed by atoms with Gasteiger partial charge in [-0.15, -0.1) is 11.3 Å². The average molecular weight is 478 g/mol. The Labute approximate surface area is 204 Å². The lowest BCUT2D eigenvalue weighted by Crippen LogP contribution is -2.27. The van der Waals surface area contributed by atoms with Crippen molar-refractivity contribution in [2.45, 2.75) is 47.0 Å². The number of pyridine rings is 1. The van der Waals surface area contributed by atoms with Gasteiger partial charge in [0.2, 0.25) is 0 Å². The van der Waals surface area contributed by atoms with Crippen molar-refractivity contribution < 1.29 is 14.3 Å². The fourth-order valence-corrected chi connectivity index (χ4v) is 5.65. The van der Waals surface area contributed by atoms with Gasteiger partial charge in [-0.2, -0.15) is 0 Å². The average Bonchev–Trinajstić information content (AvgIpc) is 3.17. The Balaban J connectivity index is 1.64. The van der Waals surface area contributed by atoms with Gasteiger partial charge in [-0.05, 0) is 79.5 Å². The number of hydrogen-bond acceptors (Lipinski definition) is 5. The first kappa shape index (κ1) is 24.0. The van der Waals surface area contributed by atoms with E-state index in [-0.39, 0.29) is 17.2 Å². The Morgan fingerprint density at radius 1 is 1.06 bits per heavy atom. The van der Waals surface area contributed by atoms with Crippen LogP contribution >= 0.6 is 11.3 Å². The number of ether oxygens (including phenoxy) is 1. The Hall–Kier alpha value is -3.19. The molecule has 178 valence electrons. The molecule has 34 heavy (non-hydrogen) atoms. The second kappa shape index (κ2) is 9.97. The third-order valence-corrected chi connectivity index (χ3v) is 7.48. The monoisotopic (exact) mass is 477 g/mol. The maximum atomic E-state index is 13.5. The highest BCUT2D eigenvalue weighted by atomic mass is 32.1. The normalized spacial score (nSPS) is 15.4. The molecule has 2 aromatic heterocycles. The second-order valence-corrected chi connectivity index (χ2v) is 10.7. The van der Waals surface area contributed by atoms with E-state index < -0.39 is 0 Å². The summed E-state index contributed by atoms with van der Waals surface area (Å²) >= 11 is 1.52. The lowest BCUT2D eigenvalue weighted by molar-refractivity contribution is 0.102. The number of thiophene rings is 1. The minimum absolute atomic E-state index is 0.187. The number of hydrogen-bond donors (Lipinski definition) is 2. The molecular weight excluding hydrogens is 446 g/mol. The molecule has 1 unspecified atom stereocenters. The Kier molecular flexibility index (Phi) is 7.03. The molecule has 7 heteroatoms. The van der Waals surface area contributed by atoms with E-state index in [0.717, 1.165) is 30.6 Å². The summed E-state index contributed by atoms with van der Waals surface area (Å²) in [6.45, 7) is 9.32. The summed E-state index contributed by atoms with van der Waals surface area (Å²) in [4.78, 5) is 31.5. The van der Waals surface area contributed by atoms with Gasteiger partial charge in [0.1, 0.15) is 10.8 Å². The number of anilines is 2. The van der Waals surface area contributed by atoms with Gasteiger partial charge >= 0.3 is 0 Å². The molecule has 0 spiro atoms. The zero-order chi connectivity index (χ0) is 24.3. The minimum atomic E-state index is -0.247. The SMILES string of the molecule is CCOc1ccc(NC(=O)c2c(NC(=O)c3ccncc3)sc3c2CCC(C(C)(C)C)C3)cc1. The van der Waals surface area contributed by atoms with Crippen LogP contribution in [0.25, 0.3) is 0 Å². The fraction of sp³-hybridized carbons (Fsp3) is 0.370. The first-order valence-electron chi connectivity index (χ1n) is 11.7. The summed E-state index contributed by atoms with van der Waals surface area (Å²) in [5.74, 6) is 0.834. The van der Waals surface area contributed by atoms with Gasteiger partial charge in [-0.25, -0.2) is 0 Å². The smallest absolute Gasteiger partial charge is 0.258 e. The van der Waals surface area contributed by atoms with Gasteiger partial charge in [0.05, 0.1) is 12.2 Å². The minimum Gasteiger partial charge on any atom is -0.494 e. The fourth-order valence-electron chi connectivity index (χ4n) is 4.33. The van der Waals surface area contributed by atoms with E-state index in [0.29, 0.717) is 34.3 Å². The number of carbonyl (C=O) groups excluding carboxylic acids is 2. The maximum absolute atomic E-state index is 13.5. The molecule has 6 nitrogen and oxygen atoms in total. The third kappa shape index (κ3) is 5.30. The first-order chi connectivity index (χ1) is 16.3.